The van der Waals surface area contributed by atoms with Crippen molar-refractivity contribution in [3.05, 3.63) is 45.1 Å². The van der Waals surface area contributed by atoms with Crippen molar-refractivity contribution in [2.45, 2.75) is 13.5 Å². The minimum Gasteiger partial charge on any atom is -0.483 e. The van der Waals surface area contributed by atoms with E-state index in [1.54, 1.807) is 24.1 Å². The topological polar surface area (TPSA) is 55.6 Å². The van der Waals surface area contributed by atoms with Crippen molar-refractivity contribution in [1.82, 2.24) is 4.90 Å². The van der Waals surface area contributed by atoms with Crippen molar-refractivity contribution in [3.63, 3.8) is 0 Å². The summed E-state index contributed by atoms with van der Waals surface area (Å²) in [6.07, 6.45) is 0. The molecule has 112 valence electrons. The highest BCUT2D eigenvalue weighted by molar-refractivity contribution is 7.16. The van der Waals surface area contributed by atoms with Gasteiger partial charge in [0.25, 0.3) is 5.91 Å². The molecule has 2 N–H and O–H groups in total. The van der Waals surface area contributed by atoms with Crippen LogP contribution in [0.5, 0.6) is 5.75 Å². The predicted molar refractivity (Wildman–Crippen MR) is 86.9 cm³/mol. The van der Waals surface area contributed by atoms with E-state index in [1.807, 2.05) is 25.1 Å². The van der Waals surface area contributed by atoms with Gasteiger partial charge in [-0.15, -0.1) is 11.3 Å². The van der Waals surface area contributed by atoms with Gasteiger partial charge in [-0.05, 0) is 42.8 Å². The second-order valence-corrected chi connectivity index (χ2v) is 6.57. The van der Waals surface area contributed by atoms with E-state index in [9.17, 15) is 4.79 Å². The van der Waals surface area contributed by atoms with Gasteiger partial charge in [0.2, 0.25) is 0 Å². The third-order valence-electron chi connectivity index (χ3n) is 3.00. The average Bonchev–Trinajstić information content (AvgIpc) is 2.82. The highest BCUT2D eigenvalue weighted by atomic mass is 35.5. The van der Waals surface area contributed by atoms with E-state index in [0.717, 1.165) is 14.8 Å². The Balaban J connectivity index is 1.89. The summed E-state index contributed by atoms with van der Waals surface area (Å²) < 4.78 is 6.27. The van der Waals surface area contributed by atoms with Gasteiger partial charge in [0.1, 0.15) is 5.75 Å². The molecule has 1 heterocycles. The van der Waals surface area contributed by atoms with Gasteiger partial charge in [0.05, 0.1) is 10.9 Å². The van der Waals surface area contributed by atoms with Crippen molar-refractivity contribution in [3.8, 4) is 5.75 Å². The molecule has 0 aliphatic heterocycles. The molecule has 0 radical (unpaired) electrons. The number of hydrogen-bond donors (Lipinski definition) is 1. The number of thiophene rings is 1. The van der Waals surface area contributed by atoms with Crippen molar-refractivity contribution in [1.29, 1.82) is 0 Å². The number of anilines is 1. The number of nitrogen functional groups attached to an aromatic ring is 1. The zero-order chi connectivity index (χ0) is 15.4. The van der Waals surface area contributed by atoms with E-state index in [4.69, 9.17) is 22.1 Å². The molecule has 0 bridgehead atoms. The molecule has 0 fully saturated rings. The molecule has 6 heteroatoms. The Morgan fingerprint density at radius 1 is 1.38 bits per heavy atom. The Morgan fingerprint density at radius 3 is 2.76 bits per heavy atom. The molecule has 0 aliphatic carbocycles. The lowest BCUT2D eigenvalue weighted by Crippen LogP contribution is -2.30. The zero-order valence-corrected chi connectivity index (χ0v) is 13.5. The van der Waals surface area contributed by atoms with Crippen LogP contribution in [0.4, 0.5) is 5.69 Å². The normalized spacial score (nSPS) is 10.4. The van der Waals surface area contributed by atoms with E-state index in [0.29, 0.717) is 18.0 Å². The average molecular weight is 325 g/mol. The summed E-state index contributed by atoms with van der Waals surface area (Å²) in [6, 6.07) is 9.09. The maximum Gasteiger partial charge on any atom is 0.260 e. The summed E-state index contributed by atoms with van der Waals surface area (Å²) in [5, 5.41) is 0. The number of carbonyl (C=O) groups excluding carboxylic acids is 1. The number of aryl methyl sites for hydroxylation is 1. The SMILES string of the molecule is Cc1cc(N)ccc1OCC(=O)N(C)Cc1ccc(Cl)s1. The molecule has 0 unspecified atom stereocenters. The summed E-state index contributed by atoms with van der Waals surface area (Å²) in [5.41, 5.74) is 7.27. The maximum atomic E-state index is 12.1. The van der Waals surface area contributed by atoms with Crippen LogP contribution in [0, 0.1) is 6.92 Å². The quantitative estimate of drug-likeness (QED) is 0.858. The van der Waals surface area contributed by atoms with Crippen LogP contribution in [-0.2, 0) is 11.3 Å². The summed E-state index contributed by atoms with van der Waals surface area (Å²) in [4.78, 5) is 14.7. The lowest BCUT2D eigenvalue weighted by atomic mass is 10.2. The molecule has 0 aliphatic rings. The van der Waals surface area contributed by atoms with Gasteiger partial charge < -0.3 is 15.4 Å². The molecular formula is C15H17ClN2O2S. The number of carbonyl (C=O) groups is 1. The van der Waals surface area contributed by atoms with Crippen LogP contribution in [0.1, 0.15) is 10.4 Å². The maximum absolute atomic E-state index is 12.1. The molecule has 21 heavy (non-hydrogen) atoms. The fourth-order valence-electron chi connectivity index (χ4n) is 1.84. The number of rotatable bonds is 5. The number of benzene rings is 1. The Hall–Kier alpha value is -1.72. The standard InChI is InChI=1S/C15H17ClN2O2S/c1-10-7-11(17)3-5-13(10)20-9-15(19)18(2)8-12-4-6-14(16)21-12/h3-7H,8-9,17H2,1-2H3. The van der Waals surface area contributed by atoms with E-state index in [-0.39, 0.29) is 12.5 Å². The largest absolute Gasteiger partial charge is 0.483 e. The molecular weight excluding hydrogens is 308 g/mol. The smallest absolute Gasteiger partial charge is 0.260 e. The van der Waals surface area contributed by atoms with Crippen LogP contribution >= 0.6 is 22.9 Å². The van der Waals surface area contributed by atoms with Crippen molar-refractivity contribution in [2.75, 3.05) is 19.4 Å². The first-order valence-electron chi connectivity index (χ1n) is 6.43. The molecule has 2 aromatic rings. The second kappa shape index (κ2) is 6.83. The van der Waals surface area contributed by atoms with Gasteiger partial charge in [0.15, 0.2) is 6.61 Å². The van der Waals surface area contributed by atoms with Crippen LogP contribution in [0.15, 0.2) is 30.3 Å². The van der Waals surface area contributed by atoms with E-state index < -0.39 is 0 Å². The van der Waals surface area contributed by atoms with E-state index >= 15 is 0 Å². The summed E-state index contributed by atoms with van der Waals surface area (Å²) in [7, 11) is 1.75. The monoisotopic (exact) mass is 324 g/mol. The van der Waals surface area contributed by atoms with E-state index in [2.05, 4.69) is 0 Å². The first-order chi connectivity index (χ1) is 9.95. The molecule has 0 spiro atoms. The van der Waals surface area contributed by atoms with Crippen LogP contribution in [0.3, 0.4) is 0 Å². The number of halogens is 1. The van der Waals surface area contributed by atoms with Crippen molar-refractivity contribution < 1.29 is 9.53 Å². The van der Waals surface area contributed by atoms with Gasteiger partial charge in [-0.3, -0.25) is 4.79 Å². The first kappa shape index (κ1) is 15.7. The Morgan fingerprint density at radius 2 is 2.14 bits per heavy atom. The third-order valence-corrected chi connectivity index (χ3v) is 4.21. The molecule has 0 saturated heterocycles. The number of hydrogen-bond acceptors (Lipinski definition) is 4. The molecule has 1 aromatic heterocycles. The molecule has 0 atom stereocenters. The Labute approximate surface area is 133 Å². The fourth-order valence-corrected chi connectivity index (χ4v) is 2.98. The second-order valence-electron chi connectivity index (χ2n) is 4.77. The van der Waals surface area contributed by atoms with Gasteiger partial charge in [0, 0.05) is 17.6 Å². The number of nitrogens with two attached hydrogens (primary N) is 1. The van der Waals surface area contributed by atoms with Gasteiger partial charge in [-0.2, -0.15) is 0 Å². The molecule has 1 amide bonds. The van der Waals surface area contributed by atoms with Gasteiger partial charge >= 0.3 is 0 Å². The fraction of sp³-hybridized carbons (Fsp3) is 0.267. The first-order valence-corrected chi connectivity index (χ1v) is 7.62. The molecule has 0 saturated carbocycles. The molecule has 4 nitrogen and oxygen atoms in total. The van der Waals surface area contributed by atoms with Crippen LogP contribution in [0.2, 0.25) is 4.34 Å². The number of amides is 1. The number of nitrogens with zero attached hydrogens (tertiary/aromatic N) is 1. The van der Waals surface area contributed by atoms with Crippen molar-refractivity contribution in [2.24, 2.45) is 0 Å². The molecule has 1 aromatic carbocycles. The van der Waals surface area contributed by atoms with Crippen LogP contribution < -0.4 is 10.5 Å². The molecule has 2 rings (SSSR count). The number of ether oxygens (including phenoxy) is 1. The predicted octanol–water partition coefficient (Wildman–Crippen LogP) is 3.33. The minimum absolute atomic E-state index is 0.000363. The lowest BCUT2D eigenvalue weighted by molar-refractivity contribution is -0.132. The van der Waals surface area contributed by atoms with Crippen molar-refractivity contribution >= 4 is 34.5 Å². The summed E-state index contributed by atoms with van der Waals surface area (Å²) in [5.74, 6) is 0.584. The highest BCUT2D eigenvalue weighted by Gasteiger charge is 2.12. The van der Waals surface area contributed by atoms with Crippen LogP contribution in [-0.4, -0.2) is 24.5 Å². The zero-order valence-electron chi connectivity index (χ0n) is 11.9. The Bertz CT molecular complexity index is 642. The minimum atomic E-state index is -0.0873. The summed E-state index contributed by atoms with van der Waals surface area (Å²) >= 11 is 7.34. The highest BCUT2D eigenvalue weighted by Crippen LogP contribution is 2.23. The Kier molecular flexibility index (Phi) is 5.09. The van der Waals surface area contributed by atoms with E-state index in [1.165, 1.54) is 11.3 Å². The van der Waals surface area contributed by atoms with Gasteiger partial charge in [-0.1, -0.05) is 11.6 Å². The number of likely N-dealkylation sites (N-methyl/N-ethyl adjacent to an activating group) is 1. The van der Waals surface area contributed by atoms with Crippen LogP contribution in [0.25, 0.3) is 0 Å². The summed E-state index contributed by atoms with van der Waals surface area (Å²) in [6.45, 7) is 2.42. The van der Waals surface area contributed by atoms with Gasteiger partial charge in [-0.25, -0.2) is 0 Å². The lowest BCUT2D eigenvalue weighted by Gasteiger charge is -2.17. The third kappa shape index (κ3) is 4.37.